The third kappa shape index (κ3) is 3.64. The van der Waals surface area contributed by atoms with E-state index in [0.29, 0.717) is 0 Å². The minimum Gasteiger partial charge on any atom is -0.368 e. The van der Waals surface area contributed by atoms with Crippen LogP contribution in [0.2, 0.25) is 0 Å². The molecule has 0 spiro atoms. The van der Waals surface area contributed by atoms with Crippen LogP contribution in [0, 0.1) is 0 Å². The lowest BCUT2D eigenvalue weighted by Gasteiger charge is -2.28. The number of nitrogens with one attached hydrogen (secondary N) is 1. The van der Waals surface area contributed by atoms with Crippen molar-refractivity contribution in [1.82, 2.24) is 10.2 Å². The fraction of sp³-hybridized carbons (Fsp3) is 0.909. The van der Waals surface area contributed by atoms with Gasteiger partial charge in [-0.15, -0.1) is 0 Å². The van der Waals surface area contributed by atoms with E-state index >= 15 is 0 Å². The molecule has 1 N–H and O–H groups in total. The van der Waals surface area contributed by atoms with Gasteiger partial charge in [-0.1, -0.05) is 0 Å². The average Bonchev–Trinajstić information content (AvgIpc) is 2.38. The zero-order valence-corrected chi connectivity index (χ0v) is 10.4. The van der Waals surface area contributed by atoms with Crippen molar-refractivity contribution in [2.24, 2.45) is 0 Å². The summed E-state index contributed by atoms with van der Waals surface area (Å²) in [6, 6.07) is 0. The summed E-state index contributed by atoms with van der Waals surface area (Å²) in [5.41, 5.74) is 0. The number of thioether (sulfide) groups is 1. The molecule has 2 heterocycles. The van der Waals surface area contributed by atoms with Crippen LogP contribution in [0.25, 0.3) is 0 Å². The van der Waals surface area contributed by atoms with Crippen molar-refractivity contribution >= 4 is 17.7 Å². The van der Waals surface area contributed by atoms with Gasteiger partial charge >= 0.3 is 0 Å². The average molecular weight is 244 g/mol. The second-order valence-electron chi connectivity index (χ2n) is 4.25. The maximum atomic E-state index is 11.8. The Morgan fingerprint density at radius 1 is 1.31 bits per heavy atom. The summed E-state index contributed by atoms with van der Waals surface area (Å²) in [6.07, 6.45) is 2.34. The molecule has 0 bridgehead atoms. The minimum atomic E-state index is 0.166. The van der Waals surface area contributed by atoms with Gasteiger partial charge in [0.25, 0.3) is 0 Å². The molecule has 0 aromatic heterocycles. The molecule has 2 fully saturated rings. The largest absolute Gasteiger partial charge is 0.368 e. The van der Waals surface area contributed by atoms with Gasteiger partial charge in [-0.05, 0) is 25.9 Å². The second kappa shape index (κ2) is 6.47. The minimum absolute atomic E-state index is 0.166. The van der Waals surface area contributed by atoms with Gasteiger partial charge in [0, 0.05) is 24.6 Å². The van der Waals surface area contributed by atoms with Crippen LogP contribution in [0.5, 0.6) is 0 Å². The van der Waals surface area contributed by atoms with Crippen molar-refractivity contribution in [2.45, 2.75) is 18.9 Å². The van der Waals surface area contributed by atoms with Gasteiger partial charge in [-0.2, -0.15) is 11.8 Å². The highest BCUT2D eigenvalue weighted by molar-refractivity contribution is 7.99. The molecule has 92 valence electrons. The molecule has 0 aliphatic carbocycles. The first-order valence-electron chi connectivity index (χ1n) is 6.04. The highest BCUT2D eigenvalue weighted by Gasteiger charge is 2.19. The Labute approximate surface area is 101 Å². The van der Waals surface area contributed by atoms with E-state index in [-0.39, 0.29) is 18.6 Å². The predicted molar refractivity (Wildman–Crippen MR) is 65.7 cm³/mol. The summed E-state index contributed by atoms with van der Waals surface area (Å²) in [7, 11) is 0. The Morgan fingerprint density at radius 2 is 2.00 bits per heavy atom. The lowest BCUT2D eigenvalue weighted by Crippen LogP contribution is -2.41. The number of carbonyl (C=O) groups is 1. The van der Waals surface area contributed by atoms with Crippen LogP contribution in [-0.2, 0) is 9.53 Å². The number of amides is 1. The van der Waals surface area contributed by atoms with Gasteiger partial charge in [-0.3, -0.25) is 4.79 Å². The molecular formula is C11H20N2O2S. The van der Waals surface area contributed by atoms with E-state index in [1.807, 2.05) is 16.7 Å². The summed E-state index contributed by atoms with van der Waals surface area (Å²) in [6.45, 7) is 4.08. The molecule has 16 heavy (non-hydrogen) atoms. The Hall–Kier alpha value is -0.260. The summed E-state index contributed by atoms with van der Waals surface area (Å²) in [4.78, 5) is 13.7. The van der Waals surface area contributed by atoms with Crippen LogP contribution in [0.3, 0.4) is 0 Å². The molecule has 5 heteroatoms. The maximum Gasteiger partial charge on any atom is 0.248 e. The van der Waals surface area contributed by atoms with Crippen LogP contribution < -0.4 is 5.32 Å². The molecule has 0 aromatic carbocycles. The van der Waals surface area contributed by atoms with Gasteiger partial charge < -0.3 is 15.0 Å². The maximum absolute atomic E-state index is 11.8. The van der Waals surface area contributed by atoms with E-state index in [9.17, 15) is 4.79 Å². The zero-order valence-electron chi connectivity index (χ0n) is 9.61. The number of piperidine rings is 1. The SMILES string of the molecule is O=C(COC1CCNCC1)N1CCSCC1. The van der Waals surface area contributed by atoms with Gasteiger partial charge in [0.05, 0.1) is 6.10 Å². The van der Waals surface area contributed by atoms with Crippen molar-refractivity contribution in [3.8, 4) is 0 Å². The molecule has 2 rings (SSSR count). The van der Waals surface area contributed by atoms with E-state index in [4.69, 9.17) is 4.74 Å². The van der Waals surface area contributed by atoms with Crippen molar-refractivity contribution in [3.05, 3.63) is 0 Å². The first kappa shape index (κ1) is 12.2. The molecular weight excluding hydrogens is 224 g/mol. The van der Waals surface area contributed by atoms with Crippen LogP contribution in [0.1, 0.15) is 12.8 Å². The Kier molecular flexibility index (Phi) is 4.93. The summed E-state index contributed by atoms with van der Waals surface area (Å²) in [5, 5.41) is 3.29. The highest BCUT2D eigenvalue weighted by Crippen LogP contribution is 2.11. The van der Waals surface area contributed by atoms with E-state index < -0.39 is 0 Å². The molecule has 0 saturated carbocycles. The van der Waals surface area contributed by atoms with Crippen LogP contribution >= 0.6 is 11.8 Å². The Bertz CT molecular complexity index is 226. The predicted octanol–water partition coefficient (Wildman–Crippen LogP) is 0.330. The Balaban J connectivity index is 1.65. The molecule has 2 saturated heterocycles. The second-order valence-corrected chi connectivity index (χ2v) is 5.48. The van der Waals surface area contributed by atoms with Gasteiger partial charge in [0.2, 0.25) is 5.91 Å². The van der Waals surface area contributed by atoms with Crippen molar-refractivity contribution in [2.75, 3.05) is 44.3 Å². The number of ether oxygens (including phenoxy) is 1. The molecule has 0 unspecified atom stereocenters. The molecule has 2 aliphatic rings. The van der Waals surface area contributed by atoms with Crippen molar-refractivity contribution < 1.29 is 9.53 Å². The lowest BCUT2D eigenvalue weighted by atomic mass is 10.1. The van der Waals surface area contributed by atoms with Crippen LogP contribution in [-0.4, -0.2) is 61.2 Å². The molecule has 0 radical (unpaired) electrons. The number of hydrogen-bond acceptors (Lipinski definition) is 4. The molecule has 4 nitrogen and oxygen atoms in total. The Morgan fingerprint density at radius 3 is 2.69 bits per heavy atom. The molecule has 2 aliphatic heterocycles. The fourth-order valence-electron chi connectivity index (χ4n) is 2.06. The monoisotopic (exact) mass is 244 g/mol. The summed E-state index contributed by atoms with van der Waals surface area (Å²) in [5.74, 6) is 2.30. The van der Waals surface area contributed by atoms with E-state index in [1.165, 1.54) is 0 Å². The third-order valence-corrected chi connectivity index (χ3v) is 4.03. The number of hydrogen-bond donors (Lipinski definition) is 1. The lowest BCUT2D eigenvalue weighted by molar-refractivity contribution is -0.138. The fourth-order valence-corrected chi connectivity index (χ4v) is 2.96. The number of carbonyl (C=O) groups excluding carboxylic acids is 1. The first-order valence-corrected chi connectivity index (χ1v) is 7.19. The van der Waals surface area contributed by atoms with Crippen molar-refractivity contribution in [1.29, 1.82) is 0 Å². The smallest absolute Gasteiger partial charge is 0.248 e. The van der Waals surface area contributed by atoms with Gasteiger partial charge in [-0.25, -0.2) is 0 Å². The summed E-state index contributed by atoms with van der Waals surface area (Å²) < 4.78 is 5.66. The quantitative estimate of drug-likeness (QED) is 0.777. The first-order chi connectivity index (χ1) is 7.86. The standard InChI is InChI=1S/C11H20N2O2S/c14-11(13-5-7-16-8-6-13)9-15-10-1-3-12-4-2-10/h10,12H,1-9H2. The summed E-state index contributed by atoms with van der Waals surface area (Å²) >= 11 is 1.92. The van der Waals surface area contributed by atoms with E-state index in [1.54, 1.807) is 0 Å². The van der Waals surface area contributed by atoms with E-state index in [2.05, 4.69) is 5.32 Å². The number of rotatable bonds is 3. The normalized spacial score (nSPS) is 23.4. The molecule has 1 amide bonds. The number of nitrogens with zero attached hydrogens (tertiary/aromatic N) is 1. The van der Waals surface area contributed by atoms with Gasteiger partial charge in [0.15, 0.2) is 0 Å². The topological polar surface area (TPSA) is 41.6 Å². The van der Waals surface area contributed by atoms with Crippen molar-refractivity contribution in [3.63, 3.8) is 0 Å². The highest BCUT2D eigenvalue weighted by atomic mass is 32.2. The molecule has 0 aromatic rings. The third-order valence-electron chi connectivity index (χ3n) is 3.09. The molecule has 0 atom stereocenters. The van der Waals surface area contributed by atoms with Crippen LogP contribution in [0.15, 0.2) is 0 Å². The van der Waals surface area contributed by atoms with Crippen LogP contribution in [0.4, 0.5) is 0 Å². The zero-order chi connectivity index (χ0) is 11.2. The van der Waals surface area contributed by atoms with Gasteiger partial charge in [0.1, 0.15) is 6.61 Å². The van der Waals surface area contributed by atoms with E-state index in [0.717, 1.165) is 50.5 Å².